The molecular formula is C25H40N3O10P. The molecule has 3 fully saturated rings. The summed E-state index contributed by atoms with van der Waals surface area (Å²) in [6.45, 7) is 6.38. The van der Waals surface area contributed by atoms with Gasteiger partial charge in [-0.2, -0.15) is 0 Å². The molecule has 6 N–H and O–H groups in total. The molecule has 3 heterocycles. The molecule has 1 aromatic heterocycles. The van der Waals surface area contributed by atoms with E-state index >= 15 is 0 Å². The molecule has 1 aromatic rings. The van der Waals surface area contributed by atoms with E-state index in [1.165, 1.54) is 6.20 Å². The predicted octanol–water partition coefficient (Wildman–Crippen LogP) is -0.0412. The maximum Gasteiger partial charge on any atom is 0.325 e. The Morgan fingerprint density at radius 1 is 1.28 bits per heavy atom. The molecule has 2 saturated heterocycles. The van der Waals surface area contributed by atoms with E-state index in [-0.39, 0.29) is 12.8 Å². The van der Waals surface area contributed by atoms with E-state index in [2.05, 4.69) is 15.6 Å². The second-order valence-electron chi connectivity index (χ2n) is 10.7. The highest BCUT2D eigenvalue weighted by Gasteiger charge is 2.63. The van der Waals surface area contributed by atoms with Crippen LogP contribution in [0.5, 0.6) is 0 Å². The molecule has 0 spiro atoms. The fraction of sp³-hybridized carbons (Fsp3) is 0.760. The molecule has 2 unspecified atom stereocenters. The number of likely N-dealkylation sites (N-methyl/N-ethyl adjacent to an activating group) is 1. The summed E-state index contributed by atoms with van der Waals surface area (Å²) in [5.74, 6) is -2.96. The Hall–Kier alpha value is -1.51. The Morgan fingerprint density at radius 2 is 2.00 bits per heavy atom. The third kappa shape index (κ3) is 6.38. The highest BCUT2D eigenvalue weighted by atomic mass is 31.2. The highest BCUT2D eigenvalue weighted by Crippen LogP contribution is 2.44. The van der Waals surface area contributed by atoms with Crippen molar-refractivity contribution in [1.82, 2.24) is 15.6 Å². The molecule has 220 valence electrons. The summed E-state index contributed by atoms with van der Waals surface area (Å²) in [5.41, 5.74) is 1.02. The van der Waals surface area contributed by atoms with Crippen LogP contribution in [0.1, 0.15) is 51.0 Å². The fourth-order valence-corrected chi connectivity index (χ4v) is 6.49. The van der Waals surface area contributed by atoms with Gasteiger partial charge in [-0.25, -0.2) is 0 Å². The topological polar surface area (TPSA) is 189 Å². The Balaban J connectivity index is 1.47. The van der Waals surface area contributed by atoms with E-state index in [0.717, 1.165) is 6.66 Å². The zero-order valence-corrected chi connectivity index (χ0v) is 23.7. The van der Waals surface area contributed by atoms with Crippen molar-refractivity contribution in [3.63, 3.8) is 0 Å². The van der Waals surface area contributed by atoms with Gasteiger partial charge in [-0.1, -0.05) is 13.0 Å². The first-order valence-corrected chi connectivity index (χ1v) is 15.3. The minimum atomic E-state index is -3.67. The summed E-state index contributed by atoms with van der Waals surface area (Å²) in [6.07, 6.45) is -3.96. The lowest BCUT2D eigenvalue weighted by Crippen LogP contribution is -2.77. The van der Waals surface area contributed by atoms with Gasteiger partial charge in [-0.15, -0.1) is 0 Å². The summed E-state index contributed by atoms with van der Waals surface area (Å²) < 4.78 is 34.7. The van der Waals surface area contributed by atoms with Crippen LogP contribution in [0.25, 0.3) is 0 Å². The quantitative estimate of drug-likeness (QED) is 0.228. The molecule has 0 aromatic carbocycles. The maximum atomic E-state index is 13.0. The second kappa shape index (κ2) is 11.8. The smallest absolute Gasteiger partial charge is 0.325 e. The van der Waals surface area contributed by atoms with E-state index in [1.807, 2.05) is 6.92 Å². The number of aliphatic hydroxyl groups excluding tert-OH is 2. The van der Waals surface area contributed by atoms with Crippen molar-refractivity contribution in [2.75, 3.05) is 13.7 Å². The number of amides is 1. The molecule has 0 radical (unpaired) electrons. The van der Waals surface area contributed by atoms with Crippen LogP contribution in [-0.4, -0.2) is 99.5 Å². The number of pyridine rings is 1. The number of hydrogen-bond acceptors (Lipinski definition) is 11. The molecule has 12 atom stereocenters. The normalized spacial score (nSPS) is 40.6. The van der Waals surface area contributed by atoms with Crippen LogP contribution >= 0.6 is 7.60 Å². The summed E-state index contributed by atoms with van der Waals surface area (Å²) in [7, 11) is -2.02. The van der Waals surface area contributed by atoms with Crippen LogP contribution in [0.3, 0.4) is 0 Å². The first-order valence-electron chi connectivity index (χ1n) is 13.2. The van der Waals surface area contributed by atoms with Crippen molar-refractivity contribution in [1.29, 1.82) is 0 Å². The van der Waals surface area contributed by atoms with Crippen molar-refractivity contribution in [3.05, 3.63) is 29.6 Å². The minimum absolute atomic E-state index is 0.101. The van der Waals surface area contributed by atoms with Crippen LogP contribution in [0.4, 0.5) is 0 Å². The Labute approximate surface area is 227 Å². The molecule has 4 rings (SSSR count). The first-order chi connectivity index (χ1) is 18.3. The minimum Gasteiger partial charge on any atom is -0.391 e. The van der Waals surface area contributed by atoms with E-state index in [9.17, 15) is 29.6 Å². The zero-order valence-electron chi connectivity index (χ0n) is 22.8. The molecule has 1 saturated carbocycles. The molecule has 13 nitrogen and oxygen atoms in total. The van der Waals surface area contributed by atoms with Crippen LogP contribution in [0.2, 0.25) is 0 Å². The van der Waals surface area contributed by atoms with Crippen LogP contribution in [0, 0.1) is 5.92 Å². The number of carbonyl (C=O) groups is 1. The summed E-state index contributed by atoms with van der Waals surface area (Å²) in [4.78, 5) is 26.7. The average molecular weight is 574 g/mol. The lowest BCUT2D eigenvalue weighted by molar-refractivity contribution is -0.450. The Bertz CT molecular complexity index is 1060. The summed E-state index contributed by atoms with van der Waals surface area (Å²) in [5, 5.41) is 39.3. The lowest BCUT2D eigenvalue weighted by atomic mass is 9.74. The van der Waals surface area contributed by atoms with Gasteiger partial charge in [-0.05, 0) is 45.4 Å². The van der Waals surface area contributed by atoms with Gasteiger partial charge in [0.1, 0.15) is 12.2 Å². The summed E-state index contributed by atoms with van der Waals surface area (Å²) >= 11 is 0. The maximum absolute atomic E-state index is 13.0. The largest absolute Gasteiger partial charge is 0.391 e. The van der Waals surface area contributed by atoms with E-state index in [1.54, 1.807) is 33.0 Å². The van der Waals surface area contributed by atoms with Crippen molar-refractivity contribution in [3.8, 4) is 0 Å². The van der Waals surface area contributed by atoms with Crippen molar-refractivity contribution >= 4 is 13.5 Å². The molecule has 14 heteroatoms. The van der Waals surface area contributed by atoms with Crippen LogP contribution in [0.15, 0.2) is 18.3 Å². The van der Waals surface area contributed by atoms with Gasteiger partial charge < -0.3 is 49.6 Å². The molecule has 3 aliphatic rings. The van der Waals surface area contributed by atoms with E-state index in [4.69, 9.17) is 18.7 Å². The number of nitrogens with zero attached hydrogens (tertiary/aromatic N) is 1. The van der Waals surface area contributed by atoms with Gasteiger partial charge in [0, 0.05) is 24.5 Å². The molecule has 1 amide bonds. The summed E-state index contributed by atoms with van der Waals surface area (Å²) in [6, 6.07) is 1.74. The third-order valence-corrected chi connectivity index (χ3v) is 8.49. The van der Waals surface area contributed by atoms with Crippen LogP contribution in [-0.2, 0) is 34.5 Å². The van der Waals surface area contributed by atoms with Crippen LogP contribution < -0.4 is 10.6 Å². The standard InChI is InChI=1S/C25H40N3O10P/c1-6-16-20(30)19(26-4)22-23(21(16)31)36-24-25(32,37-22)17(9-12(2)35-24)28-18(29)10-15-8-7-14(11-27-15)13(3)38-39(5,33)34/h7-8,11-13,16-17,19-24,26,30-32H,6,9-10H2,1-5H3,(H,28,29)(H,33,34)/t12-,13?,16-,17-,19+,20+,21+,22-,23-,24+,25+/m1/s1. The van der Waals surface area contributed by atoms with Crippen molar-refractivity contribution in [2.45, 2.75) is 101 Å². The SMILES string of the molecule is CC[C@@H]1[C@H](O)[C@H](NC)[C@H]2O[C@]3(O)[C@H](O[C@@H]2[C@H]1O)O[C@H](C)C[C@H]3NC(=O)Cc1ccc(C(C)OP(C)(=O)O)cn1. The number of carbonyl (C=O) groups excluding carboxylic acids is 1. The monoisotopic (exact) mass is 573 g/mol. The highest BCUT2D eigenvalue weighted by molar-refractivity contribution is 7.51. The predicted molar refractivity (Wildman–Crippen MR) is 137 cm³/mol. The molecule has 0 bridgehead atoms. The number of nitrogens with one attached hydrogen (secondary N) is 2. The number of aromatic nitrogens is 1. The van der Waals surface area contributed by atoms with E-state index in [0.29, 0.717) is 17.7 Å². The Morgan fingerprint density at radius 3 is 2.59 bits per heavy atom. The average Bonchev–Trinajstić information content (AvgIpc) is 2.84. The fourth-order valence-electron chi connectivity index (χ4n) is 5.79. The van der Waals surface area contributed by atoms with Gasteiger partial charge in [0.25, 0.3) is 0 Å². The van der Waals surface area contributed by atoms with Gasteiger partial charge in [0.05, 0.1) is 42.9 Å². The molecule has 39 heavy (non-hydrogen) atoms. The van der Waals surface area contributed by atoms with E-state index < -0.39 is 80.2 Å². The number of ether oxygens (including phenoxy) is 3. The van der Waals surface area contributed by atoms with Crippen molar-refractivity contribution < 1.29 is 48.3 Å². The Kier molecular flexibility index (Phi) is 9.19. The molecule has 1 aliphatic carbocycles. The van der Waals surface area contributed by atoms with Crippen molar-refractivity contribution in [2.24, 2.45) is 5.92 Å². The zero-order chi connectivity index (χ0) is 28.7. The lowest BCUT2D eigenvalue weighted by Gasteiger charge is -2.58. The number of rotatable bonds is 8. The molecular weight excluding hydrogens is 533 g/mol. The first kappa shape index (κ1) is 30.4. The number of hydrogen-bond donors (Lipinski definition) is 6. The molecule has 2 aliphatic heterocycles. The number of aliphatic hydroxyl groups is 3. The third-order valence-electron chi connectivity index (χ3n) is 7.78. The number of fused-ring (bicyclic) bond motifs is 2. The van der Waals surface area contributed by atoms with Gasteiger partial charge in [0.15, 0.2) is 0 Å². The van der Waals surface area contributed by atoms with Gasteiger partial charge in [0.2, 0.25) is 18.0 Å². The second-order valence-corrected chi connectivity index (χ2v) is 12.6. The van der Waals surface area contributed by atoms with Gasteiger partial charge >= 0.3 is 7.60 Å². The van der Waals surface area contributed by atoms with Gasteiger partial charge in [-0.3, -0.25) is 14.3 Å².